The van der Waals surface area contributed by atoms with Gasteiger partial charge in [-0.05, 0) is 18.4 Å². The van der Waals surface area contributed by atoms with Crippen LogP contribution in [-0.4, -0.2) is 39.3 Å². The molecule has 1 aromatic carbocycles. The van der Waals surface area contributed by atoms with E-state index in [2.05, 4.69) is 0 Å². The Labute approximate surface area is 115 Å². The van der Waals surface area contributed by atoms with Crippen molar-refractivity contribution in [3.8, 4) is 0 Å². The molecule has 0 spiro atoms. The molecule has 2 N–H and O–H groups in total. The van der Waals surface area contributed by atoms with Gasteiger partial charge < -0.3 is 15.1 Å². The predicted molar refractivity (Wildman–Crippen MR) is 68.6 cm³/mol. The molecule has 2 rings (SSSR count). The van der Waals surface area contributed by atoms with Crippen molar-refractivity contribution in [3.63, 3.8) is 0 Å². The maximum Gasteiger partial charge on any atom is 0.407 e. The molecule has 4 nitrogen and oxygen atoms in total. The van der Waals surface area contributed by atoms with Crippen LogP contribution >= 0.6 is 0 Å². The van der Waals surface area contributed by atoms with Gasteiger partial charge in [-0.15, -0.1) is 0 Å². The van der Waals surface area contributed by atoms with Gasteiger partial charge in [-0.2, -0.15) is 0 Å². The van der Waals surface area contributed by atoms with Gasteiger partial charge in [-0.25, -0.2) is 13.6 Å². The van der Waals surface area contributed by atoms with E-state index in [1.807, 2.05) is 6.07 Å². The van der Waals surface area contributed by atoms with E-state index in [9.17, 15) is 23.8 Å². The van der Waals surface area contributed by atoms with E-state index in [1.165, 1.54) is 0 Å². The van der Waals surface area contributed by atoms with E-state index >= 15 is 0 Å². The number of hydrogen-bond acceptors (Lipinski definition) is 2. The highest BCUT2D eigenvalue weighted by atomic mass is 19.3. The predicted octanol–water partition coefficient (Wildman–Crippen LogP) is 2.72. The summed E-state index contributed by atoms with van der Waals surface area (Å²) < 4.78 is 26.5. The second kappa shape index (κ2) is 5.75. The lowest BCUT2D eigenvalue weighted by Gasteiger charge is -2.38. The van der Waals surface area contributed by atoms with E-state index < -0.39 is 30.6 Å². The Bertz CT molecular complexity index is 467. The van der Waals surface area contributed by atoms with Crippen molar-refractivity contribution >= 4 is 6.09 Å². The summed E-state index contributed by atoms with van der Waals surface area (Å²) in [5.74, 6) is -3.12. The molecule has 1 saturated carbocycles. The SMILES string of the molecule is O=C(O)N(Cc1ccccc1)[C@@H]1CCC(F)(F)[C@H](O)C1. The van der Waals surface area contributed by atoms with Crippen LogP contribution in [0.4, 0.5) is 13.6 Å². The van der Waals surface area contributed by atoms with Crippen LogP contribution in [-0.2, 0) is 6.54 Å². The van der Waals surface area contributed by atoms with Crippen molar-refractivity contribution < 1.29 is 23.8 Å². The highest BCUT2D eigenvalue weighted by Gasteiger charge is 2.45. The molecule has 1 amide bonds. The molecule has 1 aliphatic rings. The van der Waals surface area contributed by atoms with Crippen LogP contribution in [0.5, 0.6) is 0 Å². The van der Waals surface area contributed by atoms with Gasteiger partial charge in [-0.3, -0.25) is 0 Å². The Morgan fingerprint density at radius 2 is 2.00 bits per heavy atom. The third-order valence-corrected chi connectivity index (χ3v) is 3.68. The van der Waals surface area contributed by atoms with Crippen molar-refractivity contribution in [1.29, 1.82) is 0 Å². The summed E-state index contributed by atoms with van der Waals surface area (Å²) in [5, 5.41) is 18.7. The number of carbonyl (C=O) groups is 1. The summed E-state index contributed by atoms with van der Waals surface area (Å²) in [4.78, 5) is 12.5. The quantitative estimate of drug-likeness (QED) is 0.897. The Hall–Kier alpha value is -1.69. The number of hydrogen-bond donors (Lipinski definition) is 2. The summed E-state index contributed by atoms with van der Waals surface area (Å²) in [6.45, 7) is 0.138. The van der Waals surface area contributed by atoms with E-state index in [0.717, 1.165) is 10.5 Å². The first-order chi connectivity index (χ1) is 9.40. The van der Waals surface area contributed by atoms with Crippen molar-refractivity contribution in [2.24, 2.45) is 0 Å². The molecule has 1 aromatic rings. The zero-order chi connectivity index (χ0) is 14.8. The van der Waals surface area contributed by atoms with Crippen LogP contribution in [0.1, 0.15) is 24.8 Å². The number of aliphatic hydroxyl groups excluding tert-OH is 1. The number of nitrogens with zero attached hydrogens (tertiary/aromatic N) is 1. The van der Waals surface area contributed by atoms with Crippen LogP contribution in [0.25, 0.3) is 0 Å². The lowest BCUT2D eigenvalue weighted by Crippen LogP contribution is -2.49. The number of rotatable bonds is 3. The van der Waals surface area contributed by atoms with E-state index in [-0.39, 0.29) is 19.4 Å². The zero-order valence-corrected chi connectivity index (χ0v) is 10.9. The lowest BCUT2D eigenvalue weighted by atomic mass is 9.88. The molecule has 0 saturated heterocycles. The van der Waals surface area contributed by atoms with Crippen LogP contribution < -0.4 is 0 Å². The van der Waals surface area contributed by atoms with Gasteiger partial charge >= 0.3 is 6.09 Å². The molecule has 1 fully saturated rings. The fourth-order valence-corrected chi connectivity index (χ4v) is 2.49. The Morgan fingerprint density at radius 3 is 2.55 bits per heavy atom. The molecular weight excluding hydrogens is 268 g/mol. The van der Waals surface area contributed by atoms with E-state index in [0.29, 0.717) is 0 Å². The first kappa shape index (κ1) is 14.7. The standard InChI is InChI=1S/C14H17F2NO3/c15-14(16)7-6-11(8-12(14)18)17(13(19)20)9-10-4-2-1-3-5-10/h1-5,11-12,18H,6-9H2,(H,19,20)/t11-,12-/m1/s1. The molecule has 0 aromatic heterocycles. The summed E-state index contributed by atoms with van der Waals surface area (Å²) in [6, 6.07) is 8.38. The number of carboxylic acid groups (broad SMARTS) is 1. The molecule has 0 heterocycles. The topological polar surface area (TPSA) is 60.8 Å². The first-order valence-corrected chi connectivity index (χ1v) is 6.49. The van der Waals surface area contributed by atoms with Crippen molar-refractivity contribution in [3.05, 3.63) is 35.9 Å². The minimum absolute atomic E-state index is 0.0587. The van der Waals surface area contributed by atoms with Crippen LogP contribution in [0.15, 0.2) is 30.3 Å². The second-order valence-electron chi connectivity index (χ2n) is 5.10. The molecule has 110 valence electrons. The number of halogens is 2. The largest absolute Gasteiger partial charge is 0.465 e. The molecule has 0 bridgehead atoms. The number of amides is 1. The van der Waals surface area contributed by atoms with Gasteiger partial charge in [0.05, 0.1) is 0 Å². The highest BCUT2D eigenvalue weighted by Crippen LogP contribution is 2.35. The number of aliphatic hydroxyl groups is 1. The summed E-state index contributed by atoms with van der Waals surface area (Å²) in [5.41, 5.74) is 0.793. The fraction of sp³-hybridized carbons (Fsp3) is 0.500. The Morgan fingerprint density at radius 1 is 1.35 bits per heavy atom. The van der Waals surface area contributed by atoms with E-state index in [1.54, 1.807) is 24.3 Å². The number of alkyl halides is 2. The second-order valence-corrected chi connectivity index (χ2v) is 5.10. The van der Waals surface area contributed by atoms with E-state index in [4.69, 9.17) is 0 Å². The van der Waals surface area contributed by atoms with Gasteiger partial charge in [0.15, 0.2) is 0 Å². The molecule has 0 radical (unpaired) electrons. The van der Waals surface area contributed by atoms with Gasteiger partial charge in [0, 0.05) is 19.0 Å². The van der Waals surface area contributed by atoms with Gasteiger partial charge in [0.2, 0.25) is 0 Å². The maximum absolute atomic E-state index is 13.2. The molecular formula is C14H17F2NO3. The molecule has 20 heavy (non-hydrogen) atoms. The molecule has 2 atom stereocenters. The summed E-state index contributed by atoms with van der Waals surface area (Å²) >= 11 is 0. The van der Waals surface area contributed by atoms with Gasteiger partial charge in [0.25, 0.3) is 5.92 Å². The monoisotopic (exact) mass is 285 g/mol. The summed E-state index contributed by atoms with van der Waals surface area (Å²) in [6.07, 6.45) is -3.60. The van der Waals surface area contributed by atoms with Crippen LogP contribution in [0.3, 0.4) is 0 Å². The maximum atomic E-state index is 13.2. The average molecular weight is 285 g/mol. The fourth-order valence-electron chi connectivity index (χ4n) is 2.49. The molecule has 0 unspecified atom stereocenters. The van der Waals surface area contributed by atoms with Crippen LogP contribution in [0, 0.1) is 0 Å². The third kappa shape index (κ3) is 3.25. The molecule has 6 heteroatoms. The normalized spacial score (nSPS) is 25.1. The minimum atomic E-state index is -3.12. The number of benzene rings is 1. The van der Waals surface area contributed by atoms with Crippen molar-refractivity contribution in [2.45, 2.75) is 43.9 Å². The van der Waals surface area contributed by atoms with Gasteiger partial charge in [-0.1, -0.05) is 30.3 Å². The minimum Gasteiger partial charge on any atom is -0.465 e. The van der Waals surface area contributed by atoms with Crippen molar-refractivity contribution in [1.82, 2.24) is 4.90 Å². The molecule has 1 aliphatic carbocycles. The van der Waals surface area contributed by atoms with Gasteiger partial charge in [0.1, 0.15) is 6.10 Å². The lowest BCUT2D eigenvalue weighted by molar-refractivity contribution is -0.144. The molecule has 0 aliphatic heterocycles. The smallest absolute Gasteiger partial charge is 0.407 e. The third-order valence-electron chi connectivity index (χ3n) is 3.68. The summed E-state index contributed by atoms with van der Waals surface area (Å²) in [7, 11) is 0. The first-order valence-electron chi connectivity index (χ1n) is 6.49. The average Bonchev–Trinajstić information content (AvgIpc) is 2.40. The van der Waals surface area contributed by atoms with Crippen molar-refractivity contribution in [2.75, 3.05) is 0 Å². The Balaban J connectivity index is 2.08. The Kier molecular flexibility index (Phi) is 4.23. The zero-order valence-electron chi connectivity index (χ0n) is 10.9. The van der Waals surface area contributed by atoms with Crippen LogP contribution in [0.2, 0.25) is 0 Å². The highest BCUT2D eigenvalue weighted by molar-refractivity contribution is 5.65.